The average Bonchev–Trinajstić information content (AvgIpc) is 3.12. The standard InChI is InChI=1S/C17H19FN4O2/c1-3-22-9-12(8-14(22)23)17(24)20-16-15(19-10-21(16)2)11-4-6-13(18)7-5-11/h4-7,10,12H,3,8-9H2,1-2H3,(H,20,24)/t12-/m1/s1. The van der Waals surface area contributed by atoms with Gasteiger partial charge in [-0.05, 0) is 31.2 Å². The molecule has 1 aliphatic rings. The Morgan fingerprint density at radius 2 is 2.08 bits per heavy atom. The van der Waals surface area contributed by atoms with Crippen molar-refractivity contribution in [2.24, 2.45) is 13.0 Å². The van der Waals surface area contributed by atoms with Crippen molar-refractivity contribution >= 4 is 17.6 Å². The number of hydrogen-bond donors (Lipinski definition) is 1. The quantitative estimate of drug-likeness (QED) is 0.933. The number of carbonyl (C=O) groups is 2. The van der Waals surface area contributed by atoms with Crippen LogP contribution in [0.15, 0.2) is 30.6 Å². The highest BCUT2D eigenvalue weighted by Crippen LogP contribution is 2.27. The van der Waals surface area contributed by atoms with Gasteiger partial charge in [0.05, 0.1) is 12.2 Å². The summed E-state index contributed by atoms with van der Waals surface area (Å²) < 4.78 is 14.8. The maximum atomic E-state index is 13.1. The van der Waals surface area contributed by atoms with Crippen LogP contribution in [0, 0.1) is 11.7 Å². The normalized spacial score (nSPS) is 17.4. The van der Waals surface area contributed by atoms with Crippen molar-refractivity contribution in [1.29, 1.82) is 0 Å². The Labute approximate surface area is 139 Å². The first-order valence-corrected chi connectivity index (χ1v) is 7.85. The molecule has 0 aliphatic carbocycles. The zero-order chi connectivity index (χ0) is 17.3. The van der Waals surface area contributed by atoms with Crippen molar-refractivity contribution in [1.82, 2.24) is 14.5 Å². The van der Waals surface area contributed by atoms with E-state index in [0.717, 1.165) is 0 Å². The Balaban J connectivity index is 1.81. The summed E-state index contributed by atoms with van der Waals surface area (Å²) in [5.74, 6) is -0.362. The number of anilines is 1. The molecule has 2 amide bonds. The second-order valence-corrected chi connectivity index (χ2v) is 5.88. The molecule has 1 atom stereocenters. The highest BCUT2D eigenvalue weighted by Gasteiger charge is 2.34. The van der Waals surface area contributed by atoms with Crippen molar-refractivity contribution in [2.45, 2.75) is 13.3 Å². The third-order valence-corrected chi connectivity index (χ3v) is 4.26. The van der Waals surface area contributed by atoms with E-state index in [1.807, 2.05) is 6.92 Å². The summed E-state index contributed by atoms with van der Waals surface area (Å²) in [6.45, 7) is 2.94. The Morgan fingerprint density at radius 3 is 2.71 bits per heavy atom. The molecule has 1 aromatic heterocycles. The SMILES string of the molecule is CCN1C[C@H](C(=O)Nc2c(-c3ccc(F)cc3)ncn2C)CC1=O. The Kier molecular flexibility index (Phi) is 4.33. The average molecular weight is 330 g/mol. The van der Waals surface area contributed by atoms with Crippen LogP contribution in [0.2, 0.25) is 0 Å². The van der Waals surface area contributed by atoms with E-state index in [2.05, 4.69) is 10.3 Å². The molecule has 6 nitrogen and oxygen atoms in total. The summed E-state index contributed by atoms with van der Waals surface area (Å²) in [7, 11) is 1.77. The lowest BCUT2D eigenvalue weighted by molar-refractivity contribution is -0.128. The molecular weight excluding hydrogens is 311 g/mol. The molecule has 0 radical (unpaired) electrons. The smallest absolute Gasteiger partial charge is 0.230 e. The topological polar surface area (TPSA) is 67.2 Å². The van der Waals surface area contributed by atoms with Gasteiger partial charge in [0, 0.05) is 32.1 Å². The molecule has 0 bridgehead atoms. The summed E-state index contributed by atoms with van der Waals surface area (Å²) in [6.07, 6.45) is 1.82. The molecule has 2 heterocycles. The van der Waals surface area contributed by atoms with Crippen molar-refractivity contribution < 1.29 is 14.0 Å². The van der Waals surface area contributed by atoms with Gasteiger partial charge < -0.3 is 14.8 Å². The second kappa shape index (κ2) is 6.43. The summed E-state index contributed by atoms with van der Waals surface area (Å²) in [5, 5.41) is 2.87. The molecule has 3 rings (SSSR count). The molecule has 24 heavy (non-hydrogen) atoms. The van der Waals surface area contributed by atoms with Gasteiger partial charge in [-0.25, -0.2) is 9.37 Å². The van der Waals surface area contributed by atoms with Crippen molar-refractivity contribution in [2.75, 3.05) is 18.4 Å². The van der Waals surface area contributed by atoms with E-state index in [4.69, 9.17) is 0 Å². The van der Waals surface area contributed by atoms with E-state index in [9.17, 15) is 14.0 Å². The number of aryl methyl sites for hydroxylation is 1. The van der Waals surface area contributed by atoms with E-state index in [-0.39, 0.29) is 30.0 Å². The third kappa shape index (κ3) is 3.02. The fraction of sp³-hybridized carbons (Fsp3) is 0.353. The number of benzene rings is 1. The molecule has 7 heteroatoms. The maximum absolute atomic E-state index is 13.1. The van der Waals surface area contributed by atoms with Crippen LogP contribution in [0.1, 0.15) is 13.3 Å². The molecule has 126 valence electrons. The molecule has 1 fully saturated rings. The second-order valence-electron chi connectivity index (χ2n) is 5.88. The molecule has 2 aromatic rings. The van der Waals surface area contributed by atoms with Crippen LogP contribution in [0.4, 0.5) is 10.2 Å². The predicted molar refractivity (Wildman–Crippen MR) is 87.6 cm³/mol. The van der Waals surface area contributed by atoms with E-state index >= 15 is 0 Å². The first kappa shape index (κ1) is 16.2. The van der Waals surface area contributed by atoms with Crippen LogP contribution < -0.4 is 5.32 Å². The van der Waals surface area contributed by atoms with E-state index < -0.39 is 0 Å². The van der Waals surface area contributed by atoms with Crippen LogP contribution in [0.25, 0.3) is 11.3 Å². The van der Waals surface area contributed by atoms with Crippen LogP contribution in [-0.2, 0) is 16.6 Å². The molecule has 1 N–H and O–H groups in total. The number of hydrogen-bond acceptors (Lipinski definition) is 3. The molecule has 1 aliphatic heterocycles. The zero-order valence-electron chi connectivity index (χ0n) is 13.6. The van der Waals surface area contributed by atoms with Gasteiger partial charge in [0.25, 0.3) is 0 Å². The summed E-state index contributed by atoms with van der Waals surface area (Å²) in [6, 6.07) is 5.94. The van der Waals surface area contributed by atoms with Crippen molar-refractivity contribution in [3.63, 3.8) is 0 Å². The zero-order valence-corrected chi connectivity index (χ0v) is 13.6. The largest absolute Gasteiger partial charge is 0.342 e. The molecule has 1 saturated heterocycles. The number of rotatable bonds is 4. The van der Waals surface area contributed by atoms with Gasteiger partial charge in [0.2, 0.25) is 11.8 Å². The summed E-state index contributed by atoms with van der Waals surface area (Å²) in [5.41, 5.74) is 1.28. The monoisotopic (exact) mass is 330 g/mol. The van der Waals surface area contributed by atoms with Gasteiger partial charge in [0.15, 0.2) is 0 Å². The lowest BCUT2D eigenvalue weighted by Gasteiger charge is -2.14. The number of nitrogens with zero attached hydrogens (tertiary/aromatic N) is 3. The molecule has 0 saturated carbocycles. The number of halogens is 1. The first-order valence-electron chi connectivity index (χ1n) is 7.85. The minimum Gasteiger partial charge on any atom is -0.342 e. The third-order valence-electron chi connectivity index (χ3n) is 4.26. The fourth-order valence-corrected chi connectivity index (χ4v) is 2.87. The summed E-state index contributed by atoms with van der Waals surface area (Å²) >= 11 is 0. The Hall–Kier alpha value is -2.70. The number of amides is 2. The Morgan fingerprint density at radius 1 is 1.38 bits per heavy atom. The van der Waals surface area contributed by atoms with Gasteiger partial charge in [-0.1, -0.05) is 0 Å². The highest BCUT2D eigenvalue weighted by atomic mass is 19.1. The lowest BCUT2D eigenvalue weighted by Crippen LogP contribution is -2.28. The van der Waals surface area contributed by atoms with Gasteiger partial charge >= 0.3 is 0 Å². The summed E-state index contributed by atoms with van der Waals surface area (Å²) in [4.78, 5) is 30.3. The van der Waals surface area contributed by atoms with Gasteiger partial charge in [-0.2, -0.15) is 0 Å². The van der Waals surface area contributed by atoms with E-state index in [1.165, 1.54) is 12.1 Å². The van der Waals surface area contributed by atoms with E-state index in [1.54, 1.807) is 35.0 Å². The number of likely N-dealkylation sites (tertiary alicyclic amines) is 1. The van der Waals surface area contributed by atoms with Crippen LogP contribution in [0.3, 0.4) is 0 Å². The number of nitrogens with one attached hydrogen (secondary N) is 1. The fourth-order valence-electron chi connectivity index (χ4n) is 2.87. The van der Waals surface area contributed by atoms with Crippen molar-refractivity contribution in [3.05, 3.63) is 36.4 Å². The number of imidazole rings is 1. The van der Waals surface area contributed by atoms with Gasteiger partial charge in [-0.15, -0.1) is 0 Å². The number of aromatic nitrogens is 2. The maximum Gasteiger partial charge on any atom is 0.230 e. The highest BCUT2D eigenvalue weighted by molar-refractivity contribution is 5.98. The molecule has 0 unspecified atom stereocenters. The number of carbonyl (C=O) groups excluding carboxylic acids is 2. The van der Waals surface area contributed by atoms with Gasteiger partial charge in [0.1, 0.15) is 17.3 Å². The first-order chi connectivity index (χ1) is 11.5. The van der Waals surface area contributed by atoms with E-state index in [0.29, 0.717) is 30.2 Å². The minimum absolute atomic E-state index is 0.00131. The van der Waals surface area contributed by atoms with Crippen LogP contribution >= 0.6 is 0 Å². The van der Waals surface area contributed by atoms with Crippen LogP contribution in [-0.4, -0.2) is 39.4 Å². The Bertz CT molecular complexity index is 769. The lowest BCUT2D eigenvalue weighted by atomic mass is 10.1. The molecule has 1 aromatic carbocycles. The minimum atomic E-state index is -0.367. The molecular formula is C17H19FN4O2. The predicted octanol–water partition coefficient (Wildman–Crippen LogP) is 2.03. The molecule has 0 spiro atoms. The van der Waals surface area contributed by atoms with Gasteiger partial charge in [-0.3, -0.25) is 9.59 Å². The van der Waals surface area contributed by atoms with Crippen molar-refractivity contribution in [3.8, 4) is 11.3 Å². The van der Waals surface area contributed by atoms with Crippen LogP contribution in [0.5, 0.6) is 0 Å².